The average molecular weight is 298 g/mol. The van der Waals surface area contributed by atoms with Crippen molar-refractivity contribution < 1.29 is 12.8 Å². The first-order chi connectivity index (χ1) is 9.46. The Morgan fingerprint density at radius 1 is 1.35 bits per heavy atom. The Bertz CT molecular complexity index is 577. The molecule has 1 aromatic heterocycles. The Morgan fingerprint density at radius 2 is 2.10 bits per heavy atom. The standard InChI is InChI=1S/C14H22N2O3S/c1-10-7-11(2)16(9-10)20(17,18)14-6-5-13(19-14)8-15-12-3-4-12/h5-6,10-12,15H,3-4,7-9H2,1-2H3. The van der Waals surface area contributed by atoms with Crippen molar-refractivity contribution in [3.63, 3.8) is 0 Å². The molecule has 0 spiro atoms. The minimum atomic E-state index is -3.48. The molecule has 2 aliphatic rings. The zero-order chi connectivity index (χ0) is 14.3. The fraction of sp³-hybridized carbons (Fsp3) is 0.714. The fourth-order valence-corrected chi connectivity index (χ4v) is 4.53. The van der Waals surface area contributed by atoms with Crippen molar-refractivity contribution in [2.24, 2.45) is 5.92 Å². The van der Waals surface area contributed by atoms with E-state index in [1.807, 2.05) is 6.92 Å². The highest BCUT2D eigenvalue weighted by Crippen LogP contribution is 2.30. The number of nitrogens with one attached hydrogen (secondary N) is 1. The van der Waals surface area contributed by atoms with Gasteiger partial charge in [-0.25, -0.2) is 8.42 Å². The van der Waals surface area contributed by atoms with Crippen LogP contribution in [-0.4, -0.2) is 31.4 Å². The monoisotopic (exact) mass is 298 g/mol. The summed E-state index contributed by atoms with van der Waals surface area (Å²) in [5.74, 6) is 1.10. The van der Waals surface area contributed by atoms with Crippen LogP contribution in [0.4, 0.5) is 0 Å². The minimum absolute atomic E-state index is 0.0492. The van der Waals surface area contributed by atoms with Gasteiger partial charge in [0.25, 0.3) is 10.0 Å². The van der Waals surface area contributed by atoms with Gasteiger partial charge < -0.3 is 9.73 Å². The smallest absolute Gasteiger partial charge is 0.276 e. The van der Waals surface area contributed by atoms with Crippen molar-refractivity contribution >= 4 is 10.0 Å². The molecular formula is C14H22N2O3S. The molecule has 2 unspecified atom stereocenters. The van der Waals surface area contributed by atoms with Crippen LogP contribution in [0.25, 0.3) is 0 Å². The Kier molecular flexibility index (Phi) is 3.64. The van der Waals surface area contributed by atoms with Crippen molar-refractivity contribution in [1.29, 1.82) is 0 Å². The third kappa shape index (κ3) is 2.77. The highest BCUT2D eigenvalue weighted by molar-refractivity contribution is 7.89. The summed E-state index contributed by atoms with van der Waals surface area (Å²) in [6.07, 6.45) is 3.32. The van der Waals surface area contributed by atoms with E-state index in [0.717, 1.165) is 6.42 Å². The van der Waals surface area contributed by atoms with Crippen LogP contribution in [0.5, 0.6) is 0 Å². The molecule has 6 heteroatoms. The molecule has 3 rings (SSSR count). The van der Waals surface area contributed by atoms with Crippen LogP contribution in [0.1, 0.15) is 38.9 Å². The van der Waals surface area contributed by atoms with Crippen molar-refractivity contribution in [3.05, 3.63) is 17.9 Å². The topological polar surface area (TPSA) is 62.6 Å². The van der Waals surface area contributed by atoms with Crippen LogP contribution in [0.15, 0.2) is 21.6 Å². The summed E-state index contributed by atoms with van der Waals surface area (Å²) in [5, 5.41) is 3.40. The molecule has 112 valence electrons. The predicted octanol–water partition coefficient (Wildman–Crippen LogP) is 1.95. The molecule has 0 bridgehead atoms. The molecule has 2 fully saturated rings. The summed E-state index contributed by atoms with van der Waals surface area (Å²) >= 11 is 0. The number of furan rings is 1. The number of sulfonamides is 1. The van der Waals surface area contributed by atoms with Crippen LogP contribution >= 0.6 is 0 Å². The fourth-order valence-electron chi connectivity index (χ4n) is 2.84. The summed E-state index contributed by atoms with van der Waals surface area (Å²) in [4.78, 5) is 0. The normalized spacial score (nSPS) is 28.1. The second-order valence-corrected chi connectivity index (χ2v) is 7.96. The quantitative estimate of drug-likeness (QED) is 0.902. The highest BCUT2D eigenvalue weighted by atomic mass is 32.2. The first-order valence-electron chi connectivity index (χ1n) is 7.31. The molecule has 20 heavy (non-hydrogen) atoms. The summed E-state index contributed by atoms with van der Waals surface area (Å²) in [6.45, 7) is 5.23. The molecule has 0 aromatic carbocycles. The number of hydrogen-bond acceptors (Lipinski definition) is 4. The summed E-state index contributed by atoms with van der Waals surface area (Å²) in [5.41, 5.74) is 0. The maximum absolute atomic E-state index is 12.6. The molecule has 0 radical (unpaired) electrons. The van der Waals surface area contributed by atoms with Gasteiger partial charge in [0.2, 0.25) is 5.09 Å². The van der Waals surface area contributed by atoms with Gasteiger partial charge in [-0.2, -0.15) is 4.31 Å². The first kappa shape index (κ1) is 14.1. The summed E-state index contributed by atoms with van der Waals surface area (Å²) < 4.78 is 32.2. The third-order valence-corrected chi connectivity index (χ3v) is 5.92. The second kappa shape index (κ2) is 5.16. The predicted molar refractivity (Wildman–Crippen MR) is 75.7 cm³/mol. The lowest BCUT2D eigenvalue weighted by atomic mass is 10.1. The summed E-state index contributed by atoms with van der Waals surface area (Å²) in [6, 6.07) is 3.97. The van der Waals surface area contributed by atoms with Crippen molar-refractivity contribution in [2.75, 3.05) is 6.54 Å². The molecule has 5 nitrogen and oxygen atoms in total. The molecule has 1 aromatic rings. The molecule has 1 saturated carbocycles. The van der Waals surface area contributed by atoms with Crippen LogP contribution in [0.3, 0.4) is 0 Å². The Labute approximate surface area is 120 Å². The number of hydrogen-bond donors (Lipinski definition) is 1. The Hall–Kier alpha value is -0.850. The van der Waals surface area contributed by atoms with Gasteiger partial charge in [-0.3, -0.25) is 0 Å². The number of nitrogens with zero attached hydrogens (tertiary/aromatic N) is 1. The SMILES string of the molecule is CC1CC(C)N(S(=O)(=O)c2ccc(CNC3CC3)o2)C1. The zero-order valence-electron chi connectivity index (χ0n) is 12.0. The van der Waals surface area contributed by atoms with E-state index in [2.05, 4.69) is 12.2 Å². The van der Waals surface area contributed by atoms with E-state index in [1.54, 1.807) is 16.4 Å². The van der Waals surface area contributed by atoms with E-state index in [4.69, 9.17) is 4.42 Å². The van der Waals surface area contributed by atoms with Crippen molar-refractivity contribution in [1.82, 2.24) is 9.62 Å². The largest absolute Gasteiger partial charge is 0.447 e. The summed E-state index contributed by atoms with van der Waals surface area (Å²) in [7, 11) is -3.48. The number of rotatable bonds is 5. The van der Waals surface area contributed by atoms with Crippen LogP contribution in [0, 0.1) is 5.92 Å². The van der Waals surface area contributed by atoms with E-state index in [0.29, 0.717) is 30.8 Å². The Morgan fingerprint density at radius 3 is 2.70 bits per heavy atom. The van der Waals surface area contributed by atoms with Gasteiger partial charge in [-0.05, 0) is 44.2 Å². The molecule has 2 heterocycles. The molecule has 1 aliphatic carbocycles. The van der Waals surface area contributed by atoms with Crippen LogP contribution in [-0.2, 0) is 16.6 Å². The van der Waals surface area contributed by atoms with Crippen molar-refractivity contribution in [3.8, 4) is 0 Å². The lowest BCUT2D eigenvalue weighted by Crippen LogP contribution is -2.33. The van der Waals surface area contributed by atoms with Gasteiger partial charge in [-0.15, -0.1) is 0 Å². The molecule has 0 amide bonds. The average Bonchev–Trinajstić information content (AvgIpc) is 2.96. The molecular weight excluding hydrogens is 276 g/mol. The first-order valence-corrected chi connectivity index (χ1v) is 8.75. The van der Waals surface area contributed by atoms with Gasteiger partial charge in [-0.1, -0.05) is 6.92 Å². The van der Waals surface area contributed by atoms with E-state index in [-0.39, 0.29) is 11.1 Å². The zero-order valence-corrected chi connectivity index (χ0v) is 12.8. The van der Waals surface area contributed by atoms with Gasteiger partial charge in [0.15, 0.2) is 0 Å². The molecule has 1 N–H and O–H groups in total. The van der Waals surface area contributed by atoms with Crippen molar-refractivity contribution in [2.45, 2.75) is 56.8 Å². The van der Waals surface area contributed by atoms with E-state index >= 15 is 0 Å². The highest BCUT2D eigenvalue weighted by Gasteiger charge is 2.37. The van der Waals surface area contributed by atoms with Gasteiger partial charge >= 0.3 is 0 Å². The van der Waals surface area contributed by atoms with Gasteiger partial charge in [0, 0.05) is 18.6 Å². The third-order valence-electron chi connectivity index (χ3n) is 4.07. The van der Waals surface area contributed by atoms with Gasteiger partial charge in [0.1, 0.15) is 5.76 Å². The second-order valence-electron chi connectivity index (χ2n) is 6.14. The van der Waals surface area contributed by atoms with E-state index in [1.165, 1.54) is 12.8 Å². The lowest BCUT2D eigenvalue weighted by Gasteiger charge is -2.19. The molecule has 1 aliphatic heterocycles. The Balaban J connectivity index is 1.73. The molecule has 1 saturated heterocycles. The maximum atomic E-state index is 12.6. The minimum Gasteiger partial charge on any atom is -0.447 e. The van der Waals surface area contributed by atoms with E-state index < -0.39 is 10.0 Å². The van der Waals surface area contributed by atoms with Crippen LogP contribution < -0.4 is 5.32 Å². The lowest BCUT2D eigenvalue weighted by molar-refractivity contribution is 0.359. The van der Waals surface area contributed by atoms with Crippen LogP contribution in [0.2, 0.25) is 0 Å². The van der Waals surface area contributed by atoms with E-state index in [9.17, 15) is 8.42 Å². The molecule has 2 atom stereocenters. The maximum Gasteiger partial charge on any atom is 0.276 e. The van der Waals surface area contributed by atoms with Gasteiger partial charge in [0.05, 0.1) is 6.54 Å².